The minimum atomic E-state index is -0.195. The predicted octanol–water partition coefficient (Wildman–Crippen LogP) is 2.12. The number of hydrogen-bond acceptors (Lipinski definition) is 3. The average molecular weight is 225 g/mol. The Hall–Kier alpha value is -0.970. The smallest absolute Gasteiger partial charge is 0.124 e. The summed E-state index contributed by atoms with van der Waals surface area (Å²) in [6.45, 7) is 1.45. The van der Waals surface area contributed by atoms with Crippen molar-refractivity contribution in [2.24, 2.45) is 0 Å². The van der Waals surface area contributed by atoms with Gasteiger partial charge in [0, 0.05) is 22.7 Å². The number of fused-ring (bicyclic) bond motifs is 1. The average Bonchev–Trinajstić information content (AvgIpc) is 2.60. The Bertz CT molecular complexity index is 455. The third kappa shape index (κ3) is 2.53. The highest BCUT2D eigenvalue weighted by atomic mass is 32.1. The Labute approximate surface area is 91.4 Å². The first kappa shape index (κ1) is 10.5. The van der Waals surface area contributed by atoms with Crippen LogP contribution in [0.4, 0.5) is 4.39 Å². The van der Waals surface area contributed by atoms with Gasteiger partial charge in [0.1, 0.15) is 5.82 Å². The van der Waals surface area contributed by atoms with E-state index in [1.807, 2.05) is 6.07 Å². The van der Waals surface area contributed by atoms with Crippen LogP contribution in [0.3, 0.4) is 0 Å². The van der Waals surface area contributed by atoms with E-state index in [4.69, 9.17) is 5.11 Å². The standard InChI is InChI=1S/C11H12FNOS/c12-9-2-1-8-5-10(7-13-3-4-14)15-11(8)6-9/h1-2,5-6,13-14H,3-4,7H2. The van der Waals surface area contributed by atoms with E-state index in [0.29, 0.717) is 6.54 Å². The molecule has 1 heterocycles. The van der Waals surface area contributed by atoms with Gasteiger partial charge in [0.05, 0.1) is 6.61 Å². The molecule has 0 amide bonds. The molecule has 0 aliphatic carbocycles. The summed E-state index contributed by atoms with van der Waals surface area (Å²) in [6, 6.07) is 6.86. The molecule has 0 saturated carbocycles. The lowest BCUT2D eigenvalue weighted by Gasteiger charge is -1.97. The van der Waals surface area contributed by atoms with Gasteiger partial charge in [-0.25, -0.2) is 4.39 Å². The summed E-state index contributed by atoms with van der Waals surface area (Å²) < 4.78 is 13.9. The van der Waals surface area contributed by atoms with E-state index in [1.165, 1.54) is 6.07 Å². The molecular weight excluding hydrogens is 213 g/mol. The van der Waals surface area contributed by atoms with Crippen molar-refractivity contribution < 1.29 is 9.50 Å². The number of hydrogen-bond donors (Lipinski definition) is 2. The maximum atomic E-state index is 12.9. The topological polar surface area (TPSA) is 32.3 Å². The second-order valence-corrected chi connectivity index (χ2v) is 4.46. The Kier molecular flexibility index (Phi) is 3.30. The highest BCUT2D eigenvalue weighted by Crippen LogP contribution is 2.26. The van der Waals surface area contributed by atoms with Crippen LogP contribution in [-0.2, 0) is 6.54 Å². The summed E-state index contributed by atoms with van der Waals surface area (Å²) in [4.78, 5) is 1.16. The lowest BCUT2D eigenvalue weighted by molar-refractivity contribution is 0.292. The first-order chi connectivity index (χ1) is 7.29. The van der Waals surface area contributed by atoms with Gasteiger partial charge in [-0.2, -0.15) is 0 Å². The predicted molar refractivity (Wildman–Crippen MR) is 60.6 cm³/mol. The maximum Gasteiger partial charge on any atom is 0.124 e. The van der Waals surface area contributed by atoms with Crippen LogP contribution in [0.5, 0.6) is 0 Å². The summed E-state index contributed by atoms with van der Waals surface area (Å²) >= 11 is 1.58. The summed E-state index contributed by atoms with van der Waals surface area (Å²) in [5.41, 5.74) is 0. The minimum absolute atomic E-state index is 0.138. The quantitative estimate of drug-likeness (QED) is 0.781. The fraction of sp³-hybridized carbons (Fsp3) is 0.273. The van der Waals surface area contributed by atoms with Gasteiger partial charge in [-0.3, -0.25) is 0 Å². The highest BCUT2D eigenvalue weighted by Gasteiger charge is 2.02. The van der Waals surface area contributed by atoms with Gasteiger partial charge < -0.3 is 10.4 Å². The van der Waals surface area contributed by atoms with E-state index >= 15 is 0 Å². The maximum absolute atomic E-state index is 12.9. The van der Waals surface area contributed by atoms with Crippen molar-refractivity contribution in [1.82, 2.24) is 5.32 Å². The van der Waals surface area contributed by atoms with Crippen molar-refractivity contribution >= 4 is 21.4 Å². The van der Waals surface area contributed by atoms with Crippen LogP contribution in [0.25, 0.3) is 10.1 Å². The number of nitrogens with one attached hydrogen (secondary N) is 1. The van der Waals surface area contributed by atoms with Crippen molar-refractivity contribution in [3.8, 4) is 0 Å². The lowest BCUT2D eigenvalue weighted by atomic mass is 10.2. The van der Waals surface area contributed by atoms with E-state index in [1.54, 1.807) is 23.5 Å². The van der Waals surface area contributed by atoms with E-state index in [0.717, 1.165) is 21.5 Å². The third-order valence-corrected chi connectivity index (χ3v) is 3.22. The summed E-state index contributed by atoms with van der Waals surface area (Å²) in [5, 5.41) is 12.8. The van der Waals surface area contributed by atoms with Crippen LogP contribution in [0, 0.1) is 5.82 Å². The van der Waals surface area contributed by atoms with Gasteiger partial charge in [0.2, 0.25) is 0 Å². The molecule has 2 N–H and O–H groups in total. The number of thiophene rings is 1. The molecule has 0 spiro atoms. The van der Waals surface area contributed by atoms with Crippen LogP contribution < -0.4 is 5.32 Å². The van der Waals surface area contributed by atoms with Crippen molar-refractivity contribution in [3.05, 3.63) is 35.0 Å². The second-order valence-electron chi connectivity index (χ2n) is 3.30. The van der Waals surface area contributed by atoms with Crippen LogP contribution in [0.15, 0.2) is 24.3 Å². The van der Waals surface area contributed by atoms with Gasteiger partial charge >= 0.3 is 0 Å². The molecule has 2 nitrogen and oxygen atoms in total. The molecule has 1 aromatic carbocycles. The Balaban J connectivity index is 2.16. The number of benzene rings is 1. The van der Waals surface area contributed by atoms with Crippen molar-refractivity contribution in [2.45, 2.75) is 6.54 Å². The van der Waals surface area contributed by atoms with Gasteiger partial charge in [0.15, 0.2) is 0 Å². The molecule has 0 radical (unpaired) electrons. The van der Waals surface area contributed by atoms with Crippen LogP contribution in [0.2, 0.25) is 0 Å². The lowest BCUT2D eigenvalue weighted by Crippen LogP contribution is -2.16. The zero-order chi connectivity index (χ0) is 10.7. The SMILES string of the molecule is OCCNCc1cc2ccc(F)cc2s1. The first-order valence-electron chi connectivity index (χ1n) is 4.79. The van der Waals surface area contributed by atoms with Crippen molar-refractivity contribution in [3.63, 3.8) is 0 Å². The summed E-state index contributed by atoms with van der Waals surface area (Å²) in [6.07, 6.45) is 0. The van der Waals surface area contributed by atoms with Crippen molar-refractivity contribution in [1.29, 1.82) is 0 Å². The summed E-state index contributed by atoms with van der Waals surface area (Å²) in [5.74, 6) is -0.195. The fourth-order valence-electron chi connectivity index (χ4n) is 1.44. The van der Waals surface area contributed by atoms with Gasteiger partial charge in [-0.1, -0.05) is 6.07 Å². The van der Waals surface area contributed by atoms with E-state index < -0.39 is 0 Å². The molecule has 80 valence electrons. The van der Waals surface area contributed by atoms with E-state index in [2.05, 4.69) is 5.32 Å². The number of rotatable bonds is 4. The molecule has 2 rings (SSSR count). The van der Waals surface area contributed by atoms with Crippen LogP contribution >= 0.6 is 11.3 Å². The number of aliphatic hydroxyl groups excluding tert-OH is 1. The van der Waals surface area contributed by atoms with Crippen LogP contribution in [-0.4, -0.2) is 18.3 Å². The second kappa shape index (κ2) is 4.70. The number of aliphatic hydroxyl groups is 1. The van der Waals surface area contributed by atoms with Crippen molar-refractivity contribution in [2.75, 3.05) is 13.2 Å². The Morgan fingerprint density at radius 3 is 3.00 bits per heavy atom. The molecule has 0 atom stereocenters. The molecule has 1 aromatic heterocycles. The molecule has 0 aliphatic rings. The zero-order valence-electron chi connectivity index (χ0n) is 8.16. The summed E-state index contributed by atoms with van der Waals surface area (Å²) in [7, 11) is 0. The molecule has 0 bridgehead atoms. The largest absolute Gasteiger partial charge is 0.395 e. The molecular formula is C11H12FNOS. The van der Waals surface area contributed by atoms with E-state index in [9.17, 15) is 4.39 Å². The van der Waals surface area contributed by atoms with Gasteiger partial charge in [-0.05, 0) is 23.6 Å². The fourth-order valence-corrected chi connectivity index (χ4v) is 2.50. The monoisotopic (exact) mass is 225 g/mol. The van der Waals surface area contributed by atoms with Gasteiger partial charge in [0.25, 0.3) is 0 Å². The molecule has 15 heavy (non-hydrogen) atoms. The highest BCUT2D eigenvalue weighted by molar-refractivity contribution is 7.19. The Morgan fingerprint density at radius 1 is 1.33 bits per heavy atom. The third-order valence-electron chi connectivity index (χ3n) is 2.12. The minimum Gasteiger partial charge on any atom is -0.395 e. The molecule has 0 aliphatic heterocycles. The zero-order valence-corrected chi connectivity index (χ0v) is 8.98. The molecule has 0 saturated heterocycles. The molecule has 4 heteroatoms. The first-order valence-corrected chi connectivity index (χ1v) is 5.61. The Morgan fingerprint density at radius 2 is 2.20 bits per heavy atom. The molecule has 2 aromatic rings. The van der Waals surface area contributed by atoms with Crippen LogP contribution in [0.1, 0.15) is 4.88 Å². The molecule has 0 fully saturated rings. The normalized spacial score (nSPS) is 11.1. The van der Waals surface area contributed by atoms with E-state index in [-0.39, 0.29) is 12.4 Å². The van der Waals surface area contributed by atoms with Gasteiger partial charge in [-0.15, -0.1) is 11.3 Å². The molecule has 0 unspecified atom stereocenters. The number of halogens is 1.